The van der Waals surface area contributed by atoms with Crippen molar-refractivity contribution in [3.8, 4) is 11.8 Å². The van der Waals surface area contributed by atoms with Crippen LogP contribution in [-0.2, 0) is 7.05 Å². The highest BCUT2D eigenvalue weighted by atomic mass is 32.1. The van der Waals surface area contributed by atoms with Crippen LogP contribution in [0.4, 0.5) is 4.39 Å². The molecule has 2 aromatic heterocycles. The normalized spacial score (nSPS) is 10.4. The van der Waals surface area contributed by atoms with Crippen molar-refractivity contribution >= 4 is 11.3 Å². The topological polar surface area (TPSA) is 17.8 Å². The largest absolute Gasteiger partial charge is 0.275 e. The van der Waals surface area contributed by atoms with Gasteiger partial charge in [-0.05, 0) is 5.92 Å². The van der Waals surface area contributed by atoms with E-state index in [9.17, 15) is 4.39 Å². The van der Waals surface area contributed by atoms with E-state index in [1.165, 1.54) is 17.4 Å². The first-order valence-corrected chi connectivity index (χ1v) is 6.18. The van der Waals surface area contributed by atoms with Crippen LogP contribution in [0.15, 0.2) is 18.5 Å². The molecule has 17 heavy (non-hydrogen) atoms. The molecule has 0 saturated carbocycles. The fraction of sp³-hybridized carbons (Fsp3) is 0.308. The number of nitrogens with zero attached hydrogens (tertiary/aromatic N) is 2. The summed E-state index contributed by atoms with van der Waals surface area (Å²) >= 11 is 1.42. The Hall–Kier alpha value is -1.60. The molecule has 0 radical (unpaired) electrons. The summed E-state index contributed by atoms with van der Waals surface area (Å²) in [6.45, 7) is 3.96. The summed E-state index contributed by atoms with van der Waals surface area (Å²) in [5.41, 5.74) is 0.840. The molecule has 4 heteroatoms. The van der Waals surface area contributed by atoms with Gasteiger partial charge < -0.3 is 0 Å². The van der Waals surface area contributed by atoms with E-state index in [0.717, 1.165) is 15.3 Å². The molecule has 0 aliphatic carbocycles. The Kier molecular flexibility index (Phi) is 3.30. The van der Waals surface area contributed by atoms with Crippen LogP contribution in [0.1, 0.15) is 35.1 Å². The van der Waals surface area contributed by atoms with E-state index in [0.29, 0.717) is 0 Å². The summed E-state index contributed by atoms with van der Waals surface area (Å²) in [6.07, 6.45) is 3.53. The minimum absolute atomic E-state index is 0.152. The molecule has 88 valence electrons. The predicted octanol–water partition coefficient (Wildman–Crippen LogP) is 3.14. The Bertz CT molecular complexity index is 584. The van der Waals surface area contributed by atoms with Crippen molar-refractivity contribution in [2.45, 2.75) is 19.8 Å². The third-order valence-corrected chi connectivity index (χ3v) is 3.60. The average molecular weight is 248 g/mol. The van der Waals surface area contributed by atoms with Crippen LogP contribution < -0.4 is 0 Å². The van der Waals surface area contributed by atoms with E-state index < -0.39 is 0 Å². The maximum atomic E-state index is 13.5. The zero-order valence-electron chi connectivity index (χ0n) is 9.99. The van der Waals surface area contributed by atoms with Gasteiger partial charge in [0.25, 0.3) is 0 Å². The van der Waals surface area contributed by atoms with Gasteiger partial charge in [0.05, 0.1) is 16.6 Å². The summed E-state index contributed by atoms with van der Waals surface area (Å²) in [5.74, 6) is 5.99. The number of aromatic nitrogens is 2. The molecule has 0 fully saturated rings. The number of hydrogen-bond donors (Lipinski definition) is 0. The van der Waals surface area contributed by atoms with Crippen LogP contribution in [-0.4, -0.2) is 9.78 Å². The van der Waals surface area contributed by atoms with Crippen molar-refractivity contribution in [3.63, 3.8) is 0 Å². The van der Waals surface area contributed by atoms with E-state index in [2.05, 4.69) is 16.9 Å². The third kappa shape index (κ3) is 2.75. The van der Waals surface area contributed by atoms with Gasteiger partial charge in [0.1, 0.15) is 5.82 Å². The Labute approximate surface area is 104 Å². The predicted molar refractivity (Wildman–Crippen MR) is 67.6 cm³/mol. The Balaban J connectivity index is 2.25. The van der Waals surface area contributed by atoms with Crippen LogP contribution in [0.25, 0.3) is 0 Å². The fourth-order valence-corrected chi connectivity index (χ4v) is 2.35. The minimum Gasteiger partial charge on any atom is -0.275 e. The SMILES string of the molecule is CC(C)c1sc(C#Cc2cnn(C)c2)cc1F. The zero-order valence-corrected chi connectivity index (χ0v) is 10.8. The quantitative estimate of drug-likeness (QED) is 0.709. The maximum absolute atomic E-state index is 13.5. The number of hydrogen-bond acceptors (Lipinski definition) is 2. The molecule has 2 aromatic rings. The highest BCUT2D eigenvalue weighted by molar-refractivity contribution is 7.12. The smallest absolute Gasteiger partial charge is 0.138 e. The van der Waals surface area contributed by atoms with E-state index in [-0.39, 0.29) is 11.7 Å². The first-order chi connectivity index (χ1) is 8.06. The van der Waals surface area contributed by atoms with Crippen LogP contribution in [0.2, 0.25) is 0 Å². The molecule has 0 aromatic carbocycles. The van der Waals surface area contributed by atoms with Crippen molar-refractivity contribution in [2.24, 2.45) is 7.05 Å². The highest BCUT2D eigenvalue weighted by Gasteiger charge is 2.10. The molecule has 0 saturated heterocycles. The first kappa shape index (κ1) is 11.9. The molecule has 0 bridgehead atoms. The molecule has 2 rings (SSSR count). The molecule has 0 aliphatic heterocycles. The van der Waals surface area contributed by atoms with Crippen molar-refractivity contribution in [1.82, 2.24) is 9.78 Å². The summed E-state index contributed by atoms with van der Waals surface area (Å²) in [4.78, 5) is 1.52. The van der Waals surface area contributed by atoms with Gasteiger partial charge in [-0.1, -0.05) is 25.7 Å². The Morgan fingerprint density at radius 1 is 1.41 bits per heavy atom. The highest BCUT2D eigenvalue weighted by Crippen LogP contribution is 2.27. The molecule has 0 aliphatic rings. The second kappa shape index (κ2) is 4.72. The Morgan fingerprint density at radius 2 is 2.18 bits per heavy atom. The molecule has 0 unspecified atom stereocenters. The van der Waals surface area contributed by atoms with Crippen molar-refractivity contribution in [2.75, 3.05) is 0 Å². The van der Waals surface area contributed by atoms with Crippen LogP contribution >= 0.6 is 11.3 Å². The van der Waals surface area contributed by atoms with Crippen LogP contribution in [0.5, 0.6) is 0 Å². The molecular formula is C13H13FN2S. The van der Waals surface area contributed by atoms with Gasteiger partial charge in [0.15, 0.2) is 0 Å². The van der Waals surface area contributed by atoms with Crippen LogP contribution in [0.3, 0.4) is 0 Å². The minimum atomic E-state index is -0.152. The van der Waals surface area contributed by atoms with Crippen molar-refractivity contribution < 1.29 is 4.39 Å². The lowest BCUT2D eigenvalue weighted by atomic mass is 10.2. The van der Waals surface area contributed by atoms with Gasteiger partial charge in [0.2, 0.25) is 0 Å². The lowest BCUT2D eigenvalue weighted by molar-refractivity contribution is 0.608. The summed E-state index contributed by atoms with van der Waals surface area (Å²) in [6, 6.07) is 1.50. The molecule has 2 heterocycles. The van der Waals surface area contributed by atoms with Gasteiger partial charge in [-0.15, -0.1) is 11.3 Å². The second-order valence-electron chi connectivity index (χ2n) is 4.13. The molecular weight excluding hydrogens is 235 g/mol. The molecule has 0 amide bonds. The van der Waals surface area contributed by atoms with E-state index in [1.54, 1.807) is 10.9 Å². The molecule has 0 atom stereocenters. The van der Waals surface area contributed by atoms with Gasteiger partial charge in [-0.25, -0.2) is 4.39 Å². The lowest BCUT2D eigenvalue weighted by Crippen LogP contribution is -1.83. The third-order valence-electron chi connectivity index (χ3n) is 2.27. The zero-order chi connectivity index (χ0) is 12.4. The maximum Gasteiger partial charge on any atom is 0.138 e. The second-order valence-corrected chi connectivity index (χ2v) is 5.21. The molecule has 0 N–H and O–H groups in total. The summed E-state index contributed by atoms with van der Waals surface area (Å²) < 4.78 is 15.2. The first-order valence-electron chi connectivity index (χ1n) is 5.36. The van der Waals surface area contributed by atoms with Crippen LogP contribution in [0, 0.1) is 17.7 Å². The fourth-order valence-electron chi connectivity index (χ4n) is 1.46. The monoisotopic (exact) mass is 248 g/mol. The van der Waals surface area contributed by atoms with Gasteiger partial charge in [-0.2, -0.15) is 5.10 Å². The molecule has 0 spiro atoms. The van der Waals surface area contributed by atoms with Crippen molar-refractivity contribution in [1.29, 1.82) is 0 Å². The lowest BCUT2D eigenvalue weighted by Gasteiger charge is -1.97. The number of thiophene rings is 1. The molecule has 2 nitrogen and oxygen atoms in total. The number of rotatable bonds is 1. The standard InChI is InChI=1S/C13H13FN2S/c1-9(2)13-12(14)6-11(17-13)5-4-10-7-15-16(3)8-10/h6-9H,1-3H3. The van der Waals surface area contributed by atoms with E-state index in [4.69, 9.17) is 0 Å². The summed E-state index contributed by atoms with van der Waals surface area (Å²) in [7, 11) is 1.84. The van der Waals surface area contributed by atoms with Gasteiger partial charge in [0, 0.05) is 24.2 Å². The van der Waals surface area contributed by atoms with E-state index >= 15 is 0 Å². The van der Waals surface area contributed by atoms with E-state index in [1.807, 2.05) is 27.1 Å². The van der Waals surface area contributed by atoms with Crippen molar-refractivity contribution in [3.05, 3.63) is 39.6 Å². The number of halogens is 1. The Morgan fingerprint density at radius 3 is 2.71 bits per heavy atom. The van der Waals surface area contributed by atoms with Gasteiger partial charge >= 0.3 is 0 Å². The van der Waals surface area contributed by atoms with Gasteiger partial charge in [-0.3, -0.25) is 4.68 Å². The average Bonchev–Trinajstić information content (AvgIpc) is 2.82. The number of aryl methyl sites for hydroxylation is 1. The summed E-state index contributed by atoms with van der Waals surface area (Å²) in [5, 5.41) is 4.02.